The molecule has 9 heavy (non-hydrogen) atoms. The summed E-state index contributed by atoms with van der Waals surface area (Å²) in [5, 5.41) is 0. The molecule has 0 unspecified atom stereocenters. The molecule has 0 fully saturated rings. The number of hydrogen-bond acceptors (Lipinski definition) is 3. The van der Waals surface area contributed by atoms with E-state index in [9.17, 15) is 9.59 Å². The molecule has 0 heterocycles. The smallest absolute Gasteiger partial charge is 0.231 e. The summed E-state index contributed by atoms with van der Waals surface area (Å²) in [4.78, 5) is 21.5. The minimum Gasteiger partial charge on any atom is -0.369 e. The van der Waals surface area contributed by atoms with Crippen LogP contribution in [0.4, 0.5) is 0 Å². The SMILES string of the molecule is CN(CC=O)CC(N)=O. The van der Waals surface area contributed by atoms with E-state index in [1.807, 2.05) is 0 Å². The molecule has 0 aromatic carbocycles. The van der Waals surface area contributed by atoms with Gasteiger partial charge in [0.05, 0.1) is 13.1 Å². The molecule has 4 nitrogen and oxygen atoms in total. The maximum Gasteiger partial charge on any atom is 0.231 e. The molecule has 0 rings (SSSR count). The van der Waals surface area contributed by atoms with Crippen LogP contribution < -0.4 is 5.73 Å². The van der Waals surface area contributed by atoms with Gasteiger partial charge < -0.3 is 10.5 Å². The molecule has 4 heteroatoms. The van der Waals surface area contributed by atoms with Gasteiger partial charge in [-0.15, -0.1) is 0 Å². The Kier molecular flexibility index (Phi) is 3.62. The highest BCUT2D eigenvalue weighted by Gasteiger charge is 1.98. The average Bonchev–Trinajstić information content (AvgIpc) is 1.63. The predicted molar refractivity (Wildman–Crippen MR) is 32.8 cm³/mol. The van der Waals surface area contributed by atoms with E-state index in [4.69, 9.17) is 5.73 Å². The monoisotopic (exact) mass is 130 g/mol. The van der Waals surface area contributed by atoms with E-state index in [0.717, 1.165) is 6.29 Å². The first-order valence-electron chi connectivity index (χ1n) is 2.57. The molecule has 0 atom stereocenters. The molecule has 0 saturated heterocycles. The summed E-state index contributed by atoms with van der Waals surface area (Å²) < 4.78 is 0. The van der Waals surface area contributed by atoms with Gasteiger partial charge in [-0.25, -0.2) is 0 Å². The Bertz CT molecular complexity index is 114. The number of hydrogen-bond donors (Lipinski definition) is 1. The number of carbonyl (C=O) groups is 2. The van der Waals surface area contributed by atoms with Crippen LogP contribution in [0.15, 0.2) is 0 Å². The summed E-state index contributed by atoms with van der Waals surface area (Å²) in [6, 6.07) is 0. The third-order valence-electron chi connectivity index (χ3n) is 0.812. The Hall–Kier alpha value is -0.900. The third kappa shape index (κ3) is 4.96. The van der Waals surface area contributed by atoms with Crippen LogP contribution in [0.5, 0.6) is 0 Å². The molecular weight excluding hydrogens is 120 g/mol. The maximum absolute atomic E-state index is 10.1. The van der Waals surface area contributed by atoms with Crippen molar-refractivity contribution < 1.29 is 9.59 Å². The van der Waals surface area contributed by atoms with Gasteiger partial charge >= 0.3 is 0 Å². The van der Waals surface area contributed by atoms with Crippen LogP contribution in [0, 0.1) is 0 Å². The Morgan fingerprint density at radius 3 is 2.67 bits per heavy atom. The molecule has 0 aliphatic rings. The van der Waals surface area contributed by atoms with Gasteiger partial charge in [0, 0.05) is 0 Å². The van der Waals surface area contributed by atoms with Crippen molar-refractivity contribution in [3.05, 3.63) is 0 Å². The van der Waals surface area contributed by atoms with Crippen molar-refractivity contribution in [2.24, 2.45) is 5.73 Å². The van der Waals surface area contributed by atoms with Gasteiger partial charge in [-0.3, -0.25) is 9.69 Å². The minimum atomic E-state index is -0.417. The van der Waals surface area contributed by atoms with Gasteiger partial charge in [0.15, 0.2) is 0 Å². The fourth-order valence-corrected chi connectivity index (χ4v) is 0.458. The standard InChI is InChI=1S/C5H10N2O2/c1-7(2-3-8)4-5(6)9/h3H,2,4H2,1H3,(H2,6,9). The first kappa shape index (κ1) is 8.10. The fraction of sp³-hybridized carbons (Fsp3) is 0.600. The number of carbonyl (C=O) groups excluding carboxylic acids is 2. The van der Waals surface area contributed by atoms with E-state index in [-0.39, 0.29) is 13.1 Å². The van der Waals surface area contributed by atoms with E-state index in [0.29, 0.717) is 0 Å². The highest BCUT2D eigenvalue weighted by Crippen LogP contribution is 1.74. The molecule has 0 aliphatic carbocycles. The predicted octanol–water partition coefficient (Wildman–Crippen LogP) is -1.40. The van der Waals surface area contributed by atoms with Gasteiger partial charge in [-0.1, -0.05) is 0 Å². The van der Waals surface area contributed by atoms with Crippen molar-refractivity contribution in [1.82, 2.24) is 4.90 Å². The molecule has 0 saturated carbocycles. The molecule has 2 N–H and O–H groups in total. The van der Waals surface area contributed by atoms with Crippen molar-refractivity contribution in [3.8, 4) is 0 Å². The summed E-state index contributed by atoms with van der Waals surface area (Å²) in [6.07, 6.45) is 0.725. The van der Waals surface area contributed by atoms with E-state index in [2.05, 4.69) is 0 Å². The zero-order chi connectivity index (χ0) is 7.28. The Balaban J connectivity index is 3.37. The second-order valence-corrected chi connectivity index (χ2v) is 1.83. The molecule has 0 spiro atoms. The van der Waals surface area contributed by atoms with Crippen molar-refractivity contribution in [1.29, 1.82) is 0 Å². The van der Waals surface area contributed by atoms with E-state index < -0.39 is 5.91 Å². The van der Waals surface area contributed by atoms with Crippen LogP contribution in [-0.4, -0.2) is 37.2 Å². The number of nitrogens with zero attached hydrogens (tertiary/aromatic N) is 1. The van der Waals surface area contributed by atoms with Crippen LogP contribution in [0.25, 0.3) is 0 Å². The Morgan fingerprint density at radius 1 is 1.78 bits per heavy atom. The second-order valence-electron chi connectivity index (χ2n) is 1.83. The van der Waals surface area contributed by atoms with Gasteiger partial charge in [0.1, 0.15) is 6.29 Å². The summed E-state index contributed by atoms with van der Waals surface area (Å²) in [5.74, 6) is -0.417. The topological polar surface area (TPSA) is 63.4 Å². The van der Waals surface area contributed by atoms with Gasteiger partial charge in [-0.2, -0.15) is 0 Å². The molecule has 0 aromatic heterocycles. The lowest BCUT2D eigenvalue weighted by Crippen LogP contribution is -2.31. The molecule has 0 aromatic rings. The summed E-state index contributed by atoms with van der Waals surface area (Å²) in [6.45, 7) is 0.391. The summed E-state index contributed by atoms with van der Waals surface area (Å²) >= 11 is 0. The van der Waals surface area contributed by atoms with Crippen molar-refractivity contribution >= 4 is 12.2 Å². The van der Waals surface area contributed by atoms with E-state index in [1.54, 1.807) is 7.05 Å². The molecule has 0 aliphatic heterocycles. The largest absolute Gasteiger partial charge is 0.369 e. The van der Waals surface area contributed by atoms with Crippen LogP contribution in [0.3, 0.4) is 0 Å². The summed E-state index contributed by atoms with van der Waals surface area (Å²) in [5.41, 5.74) is 4.83. The first-order valence-corrected chi connectivity index (χ1v) is 2.57. The first-order chi connectivity index (χ1) is 4.16. The highest BCUT2D eigenvalue weighted by molar-refractivity contribution is 5.76. The van der Waals surface area contributed by atoms with Gasteiger partial charge in [0.25, 0.3) is 0 Å². The molecule has 1 amide bonds. The van der Waals surface area contributed by atoms with Crippen LogP contribution in [-0.2, 0) is 9.59 Å². The number of aldehydes is 1. The van der Waals surface area contributed by atoms with E-state index in [1.165, 1.54) is 4.90 Å². The number of rotatable bonds is 4. The number of amides is 1. The number of primary amides is 1. The minimum absolute atomic E-state index is 0.138. The Labute approximate surface area is 53.6 Å². The lowest BCUT2D eigenvalue weighted by molar-refractivity contribution is -0.119. The fourth-order valence-electron chi connectivity index (χ4n) is 0.458. The second kappa shape index (κ2) is 4.03. The molecular formula is C5H10N2O2. The molecule has 0 radical (unpaired) electrons. The van der Waals surface area contributed by atoms with Crippen molar-refractivity contribution in [2.75, 3.05) is 20.1 Å². The van der Waals surface area contributed by atoms with Crippen molar-refractivity contribution in [3.63, 3.8) is 0 Å². The van der Waals surface area contributed by atoms with Crippen LogP contribution in [0.2, 0.25) is 0 Å². The van der Waals surface area contributed by atoms with Crippen LogP contribution in [0.1, 0.15) is 0 Å². The van der Waals surface area contributed by atoms with E-state index >= 15 is 0 Å². The van der Waals surface area contributed by atoms with Gasteiger partial charge in [0.2, 0.25) is 5.91 Å². The quantitative estimate of drug-likeness (QED) is 0.476. The van der Waals surface area contributed by atoms with Gasteiger partial charge in [-0.05, 0) is 7.05 Å². The zero-order valence-electron chi connectivity index (χ0n) is 5.33. The number of likely N-dealkylation sites (N-methyl/N-ethyl adjacent to an activating group) is 1. The zero-order valence-corrected chi connectivity index (χ0v) is 5.33. The lowest BCUT2D eigenvalue weighted by Gasteiger charge is -2.08. The van der Waals surface area contributed by atoms with Crippen LogP contribution >= 0.6 is 0 Å². The lowest BCUT2D eigenvalue weighted by atomic mass is 10.5. The average molecular weight is 130 g/mol. The number of nitrogens with two attached hydrogens (primary N) is 1. The summed E-state index contributed by atoms with van der Waals surface area (Å²) in [7, 11) is 1.65. The maximum atomic E-state index is 10.1. The molecule has 52 valence electrons. The Morgan fingerprint density at radius 2 is 2.33 bits per heavy atom. The normalized spacial score (nSPS) is 9.56. The highest BCUT2D eigenvalue weighted by atomic mass is 16.1. The third-order valence-corrected chi connectivity index (χ3v) is 0.812. The molecule has 0 bridgehead atoms. The van der Waals surface area contributed by atoms with Crippen molar-refractivity contribution in [2.45, 2.75) is 0 Å².